The number of rotatable bonds is 7. The van der Waals surface area contributed by atoms with Crippen molar-refractivity contribution in [1.82, 2.24) is 9.97 Å². The van der Waals surface area contributed by atoms with Gasteiger partial charge in [0.15, 0.2) is 10.3 Å². The first-order valence-corrected chi connectivity index (χ1v) is 12.0. The van der Waals surface area contributed by atoms with Crippen molar-refractivity contribution in [3.8, 4) is 5.75 Å². The van der Waals surface area contributed by atoms with Crippen LogP contribution in [0.25, 0.3) is 9.53 Å². The van der Waals surface area contributed by atoms with E-state index in [-0.39, 0.29) is 12.5 Å². The van der Waals surface area contributed by atoms with Crippen LogP contribution in [0.4, 0.5) is 16.0 Å². The summed E-state index contributed by atoms with van der Waals surface area (Å²) in [5.74, 6) is -0.0560. The Kier molecular flexibility index (Phi) is 6.40. The summed E-state index contributed by atoms with van der Waals surface area (Å²) in [6.45, 7) is 1.47. The number of para-hydroxylation sites is 2. The molecule has 3 aromatic heterocycles. The zero-order chi connectivity index (χ0) is 22.8. The number of esters is 1. The minimum Gasteiger partial charge on any atom is -0.495 e. The number of thiazole rings is 2. The summed E-state index contributed by atoms with van der Waals surface area (Å²) in [4.78, 5) is 38.6. The first-order valence-electron chi connectivity index (χ1n) is 9.50. The van der Waals surface area contributed by atoms with E-state index in [0.29, 0.717) is 27.1 Å². The predicted molar refractivity (Wildman–Crippen MR) is 129 cm³/mol. The van der Waals surface area contributed by atoms with Crippen LogP contribution in [0.15, 0.2) is 35.7 Å². The molecule has 1 amide bonds. The highest BCUT2D eigenvalue weighted by Crippen LogP contribution is 2.36. The van der Waals surface area contributed by atoms with E-state index in [1.807, 2.05) is 31.1 Å². The van der Waals surface area contributed by atoms with Crippen LogP contribution < -0.4 is 14.5 Å². The maximum absolute atomic E-state index is 12.5. The molecule has 0 spiro atoms. The Bertz CT molecular complexity index is 1250. The van der Waals surface area contributed by atoms with Crippen LogP contribution in [0, 0.1) is 0 Å². The van der Waals surface area contributed by atoms with Crippen LogP contribution in [0.3, 0.4) is 0 Å². The zero-order valence-corrected chi connectivity index (χ0v) is 20.3. The molecular formula is C21H20N4O4S3. The minimum absolute atomic E-state index is 0.00886. The normalized spacial score (nSPS) is 10.9. The summed E-state index contributed by atoms with van der Waals surface area (Å²) in [6.07, 6.45) is 0. The summed E-state index contributed by atoms with van der Waals surface area (Å²) in [5.41, 5.74) is 1.16. The molecule has 166 valence electrons. The van der Waals surface area contributed by atoms with Crippen molar-refractivity contribution in [2.45, 2.75) is 13.5 Å². The Morgan fingerprint density at radius 1 is 1.09 bits per heavy atom. The lowest BCUT2D eigenvalue weighted by molar-refractivity contribution is -0.115. The van der Waals surface area contributed by atoms with E-state index in [1.54, 1.807) is 30.7 Å². The number of methoxy groups -OCH3 is 1. The molecule has 0 aliphatic heterocycles. The number of aromatic nitrogens is 2. The summed E-state index contributed by atoms with van der Waals surface area (Å²) < 4.78 is 11.8. The fourth-order valence-corrected chi connectivity index (χ4v) is 5.81. The average Bonchev–Trinajstić information content (AvgIpc) is 3.47. The van der Waals surface area contributed by atoms with E-state index in [1.165, 1.54) is 45.8 Å². The Hall–Kier alpha value is -3.02. The van der Waals surface area contributed by atoms with E-state index in [0.717, 1.165) is 14.7 Å². The number of benzene rings is 1. The molecule has 1 aromatic carbocycles. The number of fused-ring (bicyclic) bond motifs is 1. The van der Waals surface area contributed by atoms with Gasteiger partial charge in [-0.25, -0.2) is 14.8 Å². The molecule has 0 atom stereocenters. The number of carbonyl (C=O) groups is 2. The van der Waals surface area contributed by atoms with Gasteiger partial charge in [-0.15, -0.1) is 22.7 Å². The van der Waals surface area contributed by atoms with Crippen molar-refractivity contribution >= 4 is 71.4 Å². The topological polar surface area (TPSA) is 84.9 Å². The van der Waals surface area contributed by atoms with Crippen LogP contribution >= 0.6 is 34.0 Å². The third-order valence-corrected chi connectivity index (χ3v) is 7.57. The van der Waals surface area contributed by atoms with Gasteiger partial charge < -0.3 is 14.4 Å². The van der Waals surface area contributed by atoms with Gasteiger partial charge in [0.25, 0.3) is 0 Å². The fourth-order valence-electron chi connectivity index (χ4n) is 2.91. The molecule has 0 fully saturated rings. The van der Waals surface area contributed by atoms with Crippen LogP contribution in [0.1, 0.15) is 22.3 Å². The molecule has 4 rings (SSSR count). The molecule has 0 N–H and O–H groups in total. The monoisotopic (exact) mass is 488 g/mol. The van der Waals surface area contributed by atoms with Crippen molar-refractivity contribution in [2.24, 2.45) is 0 Å². The average molecular weight is 489 g/mol. The van der Waals surface area contributed by atoms with E-state index in [2.05, 4.69) is 9.97 Å². The maximum Gasteiger partial charge on any atom is 0.348 e. The quantitative estimate of drug-likeness (QED) is 0.341. The first-order chi connectivity index (χ1) is 15.4. The smallest absolute Gasteiger partial charge is 0.348 e. The van der Waals surface area contributed by atoms with Gasteiger partial charge in [-0.05, 0) is 18.2 Å². The van der Waals surface area contributed by atoms with Crippen LogP contribution in [-0.4, -0.2) is 43.0 Å². The van der Waals surface area contributed by atoms with E-state index < -0.39 is 5.97 Å². The van der Waals surface area contributed by atoms with Gasteiger partial charge in [0.2, 0.25) is 5.91 Å². The molecule has 0 aliphatic carbocycles. The number of nitrogens with zero attached hydrogens (tertiary/aromatic N) is 4. The standard InChI is InChI=1S/C21H20N4O4S3/c1-12(26)25(14-7-5-6-8-15(14)28-4)21-22-13(11-30-21)10-29-19(27)17-9-16-18(31-17)23-20(32-16)24(2)3/h5-9,11H,10H2,1-4H3. The van der Waals surface area contributed by atoms with E-state index in [9.17, 15) is 9.59 Å². The first kappa shape index (κ1) is 22.2. The third kappa shape index (κ3) is 4.45. The summed E-state index contributed by atoms with van der Waals surface area (Å²) >= 11 is 4.13. The van der Waals surface area contributed by atoms with Crippen molar-refractivity contribution in [2.75, 3.05) is 31.0 Å². The molecule has 11 heteroatoms. The SMILES string of the molecule is COc1ccccc1N(C(C)=O)c1nc(COC(=O)c2cc3sc(N(C)C)nc3s2)cs1. The molecule has 8 nitrogen and oxygen atoms in total. The number of anilines is 3. The Balaban J connectivity index is 1.47. The third-order valence-electron chi connectivity index (χ3n) is 4.38. The number of hydrogen-bond acceptors (Lipinski definition) is 10. The largest absolute Gasteiger partial charge is 0.495 e. The Morgan fingerprint density at radius 2 is 1.88 bits per heavy atom. The van der Waals surface area contributed by atoms with Gasteiger partial charge in [0.1, 0.15) is 22.1 Å². The molecule has 0 unspecified atom stereocenters. The molecule has 0 aliphatic rings. The second-order valence-electron chi connectivity index (χ2n) is 6.89. The van der Waals surface area contributed by atoms with Crippen molar-refractivity contribution in [3.63, 3.8) is 0 Å². The van der Waals surface area contributed by atoms with Gasteiger partial charge >= 0.3 is 5.97 Å². The second kappa shape index (κ2) is 9.23. The molecule has 3 heterocycles. The Morgan fingerprint density at radius 3 is 2.56 bits per heavy atom. The van der Waals surface area contributed by atoms with Crippen molar-refractivity contribution in [1.29, 1.82) is 0 Å². The molecule has 0 saturated heterocycles. The number of carbonyl (C=O) groups excluding carboxylic acids is 2. The number of hydrogen-bond donors (Lipinski definition) is 0. The predicted octanol–water partition coefficient (Wildman–Crippen LogP) is 4.93. The van der Waals surface area contributed by atoms with Gasteiger partial charge in [0.05, 0.1) is 23.2 Å². The second-order valence-corrected chi connectivity index (χ2v) is 9.77. The minimum atomic E-state index is -0.422. The van der Waals surface area contributed by atoms with Crippen LogP contribution in [0.5, 0.6) is 5.75 Å². The van der Waals surface area contributed by atoms with Crippen molar-refractivity contribution < 1.29 is 19.1 Å². The molecular weight excluding hydrogens is 468 g/mol. The molecule has 0 bridgehead atoms. The van der Waals surface area contributed by atoms with E-state index in [4.69, 9.17) is 9.47 Å². The molecule has 0 saturated carbocycles. The summed E-state index contributed by atoms with van der Waals surface area (Å²) in [5, 5.41) is 3.14. The summed E-state index contributed by atoms with van der Waals surface area (Å²) in [7, 11) is 5.41. The van der Waals surface area contributed by atoms with Gasteiger partial charge in [-0.1, -0.05) is 23.5 Å². The highest BCUT2D eigenvalue weighted by atomic mass is 32.1. The Labute approximate surface area is 196 Å². The number of thiophene rings is 1. The van der Waals surface area contributed by atoms with Crippen molar-refractivity contribution in [3.05, 3.63) is 46.3 Å². The lowest BCUT2D eigenvalue weighted by Crippen LogP contribution is -2.23. The highest BCUT2D eigenvalue weighted by molar-refractivity contribution is 7.29. The van der Waals surface area contributed by atoms with Crippen LogP contribution in [-0.2, 0) is 16.1 Å². The van der Waals surface area contributed by atoms with Gasteiger partial charge in [-0.2, -0.15) is 0 Å². The molecule has 32 heavy (non-hydrogen) atoms. The lowest BCUT2D eigenvalue weighted by atomic mass is 10.2. The van der Waals surface area contributed by atoms with Gasteiger partial charge in [0, 0.05) is 26.4 Å². The summed E-state index contributed by atoms with van der Waals surface area (Å²) in [6, 6.07) is 9.03. The lowest BCUT2D eigenvalue weighted by Gasteiger charge is -2.20. The maximum atomic E-state index is 12.5. The molecule has 4 aromatic rings. The zero-order valence-electron chi connectivity index (χ0n) is 17.8. The molecule has 0 radical (unpaired) electrons. The number of ether oxygens (including phenoxy) is 2. The van der Waals surface area contributed by atoms with E-state index >= 15 is 0 Å². The van der Waals surface area contributed by atoms with Crippen LogP contribution in [0.2, 0.25) is 0 Å². The highest BCUT2D eigenvalue weighted by Gasteiger charge is 2.22. The van der Waals surface area contributed by atoms with Gasteiger partial charge in [-0.3, -0.25) is 9.69 Å². The fraction of sp³-hybridized carbons (Fsp3) is 0.238. The number of amides is 1.